The molecule has 2 heterocycles. The van der Waals surface area contributed by atoms with Crippen LogP contribution >= 0.6 is 0 Å². The van der Waals surface area contributed by atoms with Crippen LogP contribution in [0.1, 0.15) is 54.7 Å². The minimum Gasteiger partial charge on any atom is -0.496 e. The third-order valence-corrected chi connectivity index (χ3v) is 5.06. The molecule has 26 heavy (non-hydrogen) atoms. The standard InChI is InChI=1S/C21H25NO4/c1-5-13-9-16-14(10-20(13)25-4)8-15(6-2)22-12-17(21(24)26-7-3)19(23)11-18(16)22/h9-12,15H,5-8H2,1-4H3. The van der Waals surface area contributed by atoms with Gasteiger partial charge in [-0.25, -0.2) is 4.79 Å². The normalized spacial score (nSPS) is 15.2. The fourth-order valence-corrected chi connectivity index (χ4v) is 3.66. The lowest BCUT2D eigenvalue weighted by Crippen LogP contribution is -2.26. The van der Waals surface area contributed by atoms with Crippen LogP contribution in [0, 0.1) is 0 Å². The summed E-state index contributed by atoms with van der Waals surface area (Å²) >= 11 is 0. The van der Waals surface area contributed by atoms with Gasteiger partial charge in [0.25, 0.3) is 0 Å². The van der Waals surface area contributed by atoms with Crippen LogP contribution in [0.25, 0.3) is 11.3 Å². The third-order valence-electron chi connectivity index (χ3n) is 5.06. The molecule has 5 heteroatoms. The van der Waals surface area contributed by atoms with Crippen molar-refractivity contribution < 1.29 is 14.3 Å². The molecule has 1 aromatic carbocycles. The maximum atomic E-state index is 12.6. The van der Waals surface area contributed by atoms with Gasteiger partial charge >= 0.3 is 5.97 Å². The molecule has 0 saturated heterocycles. The Bertz CT molecular complexity index is 898. The second kappa shape index (κ2) is 7.36. The molecule has 0 bridgehead atoms. The van der Waals surface area contributed by atoms with E-state index in [1.54, 1.807) is 26.3 Å². The van der Waals surface area contributed by atoms with Crippen molar-refractivity contribution in [1.82, 2.24) is 4.57 Å². The molecule has 1 atom stereocenters. The zero-order valence-electron chi connectivity index (χ0n) is 15.8. The Kier molecular flexibility index (Phi) is 5.16. The van der Waals surface area contributed by atoms with Crippen molar-refractivity contribution in [3.05, 3.63) is 51.3 Å². The number of ether oxygens (including phenoxy) is 2. The van der Waals surface area contributed by atoms with Crippen molar-refractivity contribution in [2.24, 2.45) is 0 Å². The van der Waals surface area contributed by atoms with E-state index in [2.05, 4.69) is 30.5 Å². The highest BCUT2D eigenvalue weighted by atomic mass is 16.5. The van der Waals surface area contributed by atoms with Gasteiger partial charge in [0.1, 0.15) is 11.3 Å². The second-order valence-electron chi connectivity index (χ2n) is 6.51. The smallest absolute Gasteiger partial charge is 0.343 e. The van der Waals surface area contributed by atoms with Crippen LogP contribution in [-0.2, 0) is 17.6 Å². The topological polar surface area (TPSA) is 57.5 Å². The van der Waals surface area contributed by atoms with Crippen LogP contribution in [0.15, 0.2) is 29.2 Å². The Morgan fingerprint density at radius 2 is 2.00 bits per heavy atom. The number of nitrogens with zero attached hydrogens (tertiary/aromatic N) is 1. The Labute approximate surface area is 153 Å². The first-order valence-corrected chi connectivity index (χ1v) is 9.17. The molecule has 0 radical (unpaired) electrons. The number of hydrogen-bond donors (Lipinski definition) is 0. The molecule has 2 aromatic rings. The van der Waals surface area contributed by atoms with E-state index < -0.39 is 5.97 Å². The van der Waals surface area contributed by atoms with Gasteiger partial charge in [0.2, 0.25) is 0 Å². The molecular formula is C21H25NO4. The van der Waals surface area contributed by atoms with E-state index in [0.29, 0.717) is 0 Å². The van der Waals surface area contributed by atoms with E-state index in [1.807, 2.05) is 0 Å². The summed E-state index contributed by atoms with van der Waals surface area (Å²) in [7, 11) is 1.69. The maximum Gasteiger partial charge on any atom is 0.343 e. The first-order valence-electron chi connectivity index (χ1n) is 9.17. The van der Waals surface area contributed by atoms with Gasteiger partial charge in [-0.05, 0) is 49.4 Å². The predicted octanol–water partition coefficient (Wildman–Crippen LogP) is 3.77. The summed E-state index contributed by atoms with van der Waals surface area (Å²) in [6, 6.07) is 5.95. The molecule has 1 aliphatic heterocycles. The summed E-state index contributed by atoms with van der Waals surface area (Å²) in [6.45, 7) is 6.18. The van der Waals surface area contributed by atoms with Crippen molar-refractivity contribution in [1.29, 1.82) is 0 Å². The van der Waals surface area contributed by atoms with Crippen molar-refractivity contribution >= 4 is 5.97 Å². The highest BCUT2D eigenvalue weighted by Gasteiger charge is 2.26. The van der Waals surface area contributed by atoms with Gasteiger partial charge in [-0.3, -0.25) is 4.79 Å². The van der Waals surface area contributed by atoms with E-state index in [0.717, 1.165) is 41.8 Å². The number of methoxy groups -OCH3 is 1. The molecule has 1 aliphatic rings. The van der Waals surface area contributed by atoms with Gasteiger partial charge in [-0.15, -0.1) is 0 Å². The average molecular weight is 355 g/mol. The fraction of sp³-hybridized carbons (Fsp3) is 0.429. The molecule has 0 saturated carbocycles. The number of esters is 1. The van der Waals surface area contributed by atoms with Gasteiger partial charge < -0.3 is 14.0 Å². The van der Waals surface area contributed by atoms with Crippen molar-refractivity contribution in [2.75, 3.05) is 13.7 Å². The monoisotopic (exact) mass is 355 g/mol. The number of carbonyl (C=O) groups excluding carboxylic acids is 1. The van der Waals surface area contributed by atoms with Crippen LogP contribution in [0.3, 0.4) is 0 Å². The molecule has 0 fully saturated rings. The molecule has 1 aromatic heterocycles. The van der Waals surface area contributed by atoms with Crippen LogP contribution in [0.5, 0.6) is 5.75 Å². The maximum absolute atomic E-state index is 12.6. The lowest BCUT2D eigenvalue weighted by Gasteiger charge is -2.31. The first-order chi connectivity index (χ1) is 12.5. The molecule has 138 valence electrons. The van der Waals surface area contributed by atoms with E-state index in [-0.39, 0.29) is 23.6 Å². The van der Waals surface area contributed by atoms with Gasteiger partial charge in [0.05, 0.1) is 19.4 Å². The zero-order chi connectivity index (χ0) is 18.8. The number of hydrogen-bond acceptors (Lipinski definition) is 4. The number of pyridine rings is 1. The minimum absolute atomic E-state index is 0.0988. The number of aromatic nitrogens is 1. The number of carbonyl (C=O) groups is 1. The second-order valence-corrected chi connectivity index (χ2v) is 6.51. The summed E-state index contributed by atoms with van der Waals surface area (Å²) in [5, 5.41) is 0. The summed E-state index contributed by atoms with van der Waals surface area (Å²) in [4.78, 5) is 24.7. The van der Waals surface area contributed by atoms with Crippen molar-refractivity contribution in [2.45, 2.75) is 46.1 Å². The van der Waals surface area contributed by atoms with E-state index in [1.165, 1.54) is 5.56 Å². The Morgan fingerprint density at radius 1 is 1.23 bits per heavy atom. The fourth-order valence-electron chi connectivity index (χ4n) is 3.66. The molecule has 0 N–H and O–H groups in total. The van der Waals surface area contributed by atoms with Crippen LogP contribution in [0.4, 0.5) is 0 Å². The number of rotatable bonds is 5. The average Bonchev–Trinajstić information content (AvgIpc) is 2.65. The van der Waals surface area contributed by atoms with Gasteiger partial charge in [0.15, 0.2) is 5.43 Å². The van der Waals surface area contributed by atoms with Crippen LogP contribution in [0.2, 0.25) is 0 Å². The van der Waals surface area contributed by atoms with Crippen molar-refractivity contribution in [3.63, 3.8) is 0 Å². The highest BCUT2D eigenvalue weighted by molar-refractivity contribution is 5.89. The Balaban J connectivity index is 2.22. The molecule has 0 spiro atoms. The number of benzene rings is 1. The third kappa shape index (κ3) is 3.02. The highest BCUT2D eigenvalue weighted by Crippen LogP contribution is 2.39. The Morgan fingerprint density at radius 3 is 2.62 bits per heavy atom. The molecule has 0 amide bonds. The van der Waals surface area contributed by atoms with Gasteiger partial charge in [-0.1, -0.05) is 13.8 Å². The number of aryl methyl sites for hydroxylation is 1. The van der Waals surface area contributed by atoms with Crippen LogP contribution in [-0.4, -0.2) is 24.3 Å². The van der Waals surface area contributed by atoms with E-state index in [4.69, 9.17) is 9.47 Å². The molecule has 1 unspecified atom stereocenters. The molecule has 5 nitrogen and oxygen atoms in total. The van der Waals surface area contributed by atoms with Gasteiger partial charge in [0, 0.05) is 23.9 Å². The van der Waals surface area contributed by atoms with Crippen molar-refractivity contribution in [3.8, 4) is 17.0 Å². The zero-order valence-corrected chi connectivity index (χ0v) is 15.8. The van der Waals surface area contributed by atoms with E-state index >= 15 is 0 Å². The lowest BCUT2D eigenvalue weighted by molar-refractivity contribution is 0.0523. The molecular weight excluding hydrogens is 330 g/mol. The lowest BCUT2D eigenvalue weighted by atomic mass is 9.89. The summed E-state index contributed by atoms with van der Waals surface area (Å²) in [6.07, 6.45) is 4.25. The summed E-state index contributed by atoms with van der Waals surface area (Å²) in [5.74, 6) is 0.331. The van der Waals surface area contributed by atoms with E-state index in [9.17, 15) is 9.59 Å². The predicted molar refractivity (Wildman–Crippen MR) is 101 cm³/mol. The summed E-state index contributed by atoms with van der Waals surface area (Å²) in [5.41, 5.74) is 3.98. The minimum atomic E-state index is -0.558. The van der Waals surface area contributed by atoms with Crippen LogP contribution < -0.4 is 10.2 Å². The molecule has 0 aliphatic carbocycles. The Hall–Kier alpha value is -2.56. The summed E-state index contributed by atoms with van der Waals surface area (Å²) < 4.78 is 12.6. The number of fused-ring (bicyclic) bond motifs is 3. The molecule has 3 rings (SSSR count). The quantitative estimate of drug-likeness (QED) is 0.766. The van der Waals surface area contributed by atoms with Gasteiger partial charge in [-0.2, -0.15) is 0 Å². The SMILES string of the molecule is CCOC(=O)c1cn2c(cc1=O)-c1cc(CC)c(OC)cc1CC2CC. The largest absolute Gasteiger partial charge is 0.496 e. The first kappa shape index (κ1) is 18.2.